The van der Waals surface area contributed by atoms with Crippen LogP contribution in [0.2, 0.25) is 5.02 Å². The van der Waals surface area contributed by atoms with Gasteiger partial charge >= 0.3 is 0 Å². The van der Waals surface area contributed by atoms with Crippen LogP contribution in [0.3, 0.4) is 0 Å². The fourth-order valence-electron chi connectivity index (χ4n) is 4.97. The number of hydrogen-bond donors (Lipinski definition) is 1. The predicted octanol–water partition coefficient (Wildman–Crippen LogP) is 3.77. The van der Waals surface area contributed by atoms with Crippen molar-refractivity contribution in [1.29, 1.82) is 0 Å². The summed E-state index contributed by atoms with van der Waals surface area (Å²) in [6, 6.07) is 10.1. The molecule has 4 aromatic rings. The summed E-state index contributed by atoms with van der Waals surface area (Å²) < 4.78 is 40.3. The van der Waals surface area contributed by atoms with Gasteiger partial charge in [0.2, 0.25) is 5.88 Å². The monoisotopic (exact) mass is 566 g/mol. The van der Waals surface area contributed by atoms with Crippen LogP contribution in [-0.2, 0) is 0 Å². The molecule has 0 spiro atoms. The number of aliphatic hydroxyl groups is 1. The number of aromatic nitrogens is 3. The minimum absolute atomic E-state index is 0.0130. The highest BCUT2D eigenvalue weighted by Crippen LogP contribution is 2.34. The quantitative estimate of drug-likeness (QED) is 0.380. The molecule has 11 heteroatoms. The van der Waals surface area contributed by atoms with E-state index in [-0.39, 0.29) is 40.4 Å². The second-order valence-electron chi connectivity index (χ2n) is 9.22. The van der Waals surface area contributed by atoms with Crippen LogP contribution in [0.25, 0.3) is 29.5 Å². The Bertz CT molecular complexity index is 1760. The summed E-state index contributed by atoms with van der Waals surface area (Å²) in [5.41, 5.74) is 0.361. The molecular weight excluding hydrogens is 542 g/mol. The van der Waals surface area contributed by atoms with Gasteiger partial charge in [-0.2, -0.15) is 0 Å². The molecule has 1 aliphatic heterocycles. The number of aliphatic hydroxyl groups excluding tert-OH is 1. The fourth-order valence-corrected chi connectivity index (χ4v) is 5.15. The molecule has 1 saturated heterocycles. The third-order valence-electron chi connectivity index (χ3n) is 6.86. The van der Waals surface area contributed by atoms with E-state index in [9.17, 15) is 18.7 Å². The average Bonchev–Trinajstić information content (AvgIpc) is 3.42. The van der Waals surface area contributed by atoms with Crippen molar-refractivity contribution in [3.8, 4) is 28.6 Å². The number of halogens is 3. The van der Waals surface area contributed by atoms with Crippen molar-refractivity contribution >= 4 is 24.1 Å². The summed E-state index contributed by atoms with van der Waals surface area (Å²) in [6.45, 7) is 4.48. The van der Waals surface area contributed by atoms with E-state index in [4.69, 9.17) is 21.1 Å². The second-order valence-corrected chi connectivity index (χ2v) is 9.66. The SMILES string of the molecule is C=c1nc(-c2cncc(Cl)c2)n(-c2c(OC)cccc2OC)c(=O)c1=C(O)N1CCC(c2ccc(F)cc2F)C1. The normalized spacial score (nSPS) is 15.7. The third-order valence-corrected chi connectivity index (χ3v) is 7.07. The van der Waals surface area contributed by atoms with Gasteiger partial charge in [0.25, 0.3) is 5.56 Å². The van der Waals surface area contributed by atoms with Crippen LogP contribution in [0.1, 0.15) is 17.9 Å². The molecule has 206 valence electrons. The van der Waals surface area contributed by atoms with E-state index in [0.29, 0.717) is 40.6 Å². The van der Waals surface area contributed by atoms with Gasteiger partial charge in [0.05, 0.1) is 24.6 Å². The standard InChI is InChI=1S/C29H25ClF2N4O4/c1-16-25(28(37)35-10-9-17(15-35)21-8-7-20(31)12-22(21)32)29(38)36(26-23(39-2)5-4-6-24(26)40-3)27(34-16)18-11-19(30)14-33-13-18/h4-8,11-14,17,37H,1,9-10,15H2,2-3H3. The molecule has 1 N–H and O–H groups in total. The Morgan fingerprint density at radius 2 is 1.85 bits per heavy atom. The lowest BCUT2D eigenvalue weighted by Crippen LogP contribution is -2.50. The number of likely N-dealkylation sites (tertiary alicyclic amines) is 1. The summed E-state index contributed by atoms with van der Waals surface area (Å²) in [7, 11) is 2.91. The first-order valence-electron chi connectivity index (χ1n) is 12.3. The zero-order chi connectivity index (χ0) is 28.6. The van der Waals surface area contributed by atoms with Crippen LogP contribution in [0, 0.1) is 11.6 Å². The smallest absolute Gasteiger partial charge is 0.271 e. The van der Waals surface area contributed by atoms with Gasteiger partial charge in [-0.15, -0.1) is 0 Å². The van der Waals surface area contributed by atoms with E-state index >= 15 is 0 Å². The highest BCUT2D eigenvalue weighted by Gasteiger charge is 2.29. The Morgan fingerprint density at radius 1 is 1.12 bits per heavy atom. The summed E-state index contributed by atoms with van der Waals surface area (Å²) in [5, 5.41) is 11.6. The Balaban J connectivity index is 1.74. The Kier molecular flexibility index (Phi) is 7.44. The van der Waals surface area contributed by atoms with Gasteiger partial charge in [-0.3, -0.25) is 14.3 Å². The first-order valence-corrected chi connectivity index (χ1v) is 12.7. The maximum absolute atomic E-state index is 14.5. The van der Waals surface area contributed by atoms with Crippen LogP contribution in [0.5, 0.6) is 11.5 Å². The van der Waals surface area contributed by atoms with Gasteiger partial charge in [0.1, 0.15) is 39.9 Å². The number of nitrogens with zero attached hydrogens (tertiary/aromatic N) is 4. The van der Waals surface area contributed by atoms with E-state index in [2.05, 4.69) is 16.5 Å². The lowest BCUT2D eigenvalue weighted by atomic mass is 9.98. The molecule has 1 aliphatic rings. The van der Waals surface area contributed by atoms with Crippen molar-refractivity contribution in [1.82, 2.24) is 19.4 Å². The van der Waals surface area contributed by atoms with E-state index in [1.807, 2.05) is 0 Å². The van der Waals surface area contributed by atoms with Crippen LogP contribution < -0.4 is 25.6 Å². The lowest BCUT2D eigenvalue weighted by molar-refractivity contribution is 0.321. The minimum atomic E-state index is -0.666. The maximum atomic E-state index is 14.5. The van der Waals surface area contributed by atoms with Gasteiger partial charge in [0.15, 0.2) is 0 Å². The van der Waals surface area contributed by atoms with Crippen molar-refractivity contribution < 1.29 is 23.4 Å². The summed E-state index contributed by atoms with van der Waals surface area (Å²) in [5.74, 6) is -1.22. The van der Waals surface area contributed by atoms with Crippen molar-refractivity contribution in [2.24, 2.45) is 0 Å². The average molecular weight is 567 g/mol. The second kappa shape index (κ2) is 11.0. The molecule has 0 saturated carbocycles. The van der Waals surface area contributed by atoms with E-state index in [1.165, 1.54) is 43.3 Å². The summed E-state index contributed by atoms with van der Waals surface area (Å²) in [4.78, 5) is 24.5. The molecule has 0 bridgehead atoms. The number of hydrogen-bond acceptors (Lipinski definition) is 7. The molecule has 3 heterocycles. The van der Waals surface area contributed by atoms with E-state index < -0.39 is 17.2 Å². The molecule has 1 atom stereocenters. The van der Waals surface area contributed by atoms with Gasteiger partial charge in [0, 0.05) is 43.0 Å². The molecular formula is C29H25ClF2N4O4. The zero-order valence-corrected chi connectivity index (χ0v) is 22.5. The fraction of sp³-hybridized carbons (Fsp3) is 0.207. The molecule has 2 aromatic carbocycles. The first kappa shape index (κ1) is 27.1. The molecule has 0 radical (unpaired) electrons. The maximum Gasteiger partial charge on any atom is 0.271 e. The van der Waals surface area contributed by atoms with Gasteiger partial charge in [-0.05, 0) is 36.2 Å². The number of rotatable bonds is 6. The van der Waals surface area contributed by atoms with E-state index in [1.54, 1.807) is 29.2 Å². The largest absolute Gasteiger partial charge is 0.494 e. The minimum Gasteiger partial charge on any atom is -0.494 e. The van der Waals surface area contributed by atoms with Gasteiger partial charge in [-0.1, -0.05) is 30.3 Å². The molecule has 1 fully saturated rings. The first-order chi connectivity index (χ1) is 19.2. The number of benzene rings is 2. The molecule has 5 rings (SSSR count). The molecule has 0 aliphatic carbocycles. The van der Waals surface area contributed by atoms with Crippen LogP contribution >= 0.6 is 11.6 Å². The molecule has 2 aromatic heterocycles. The molecule has 40 heavy (non-hydrogen) atoms. The Morgan fingerprint density at radius 3 is 2.50 bits per heavy atom. The van der Waals surface area contributed by atoms with Crippen molar-refractivity contribution in [2.75, 3.05) is 27.3 Å². The van der Waals surface area contributed by atoms with Crippen LogP contribution in [0.4, 0.5) is 8.78 Å². The number of pyridine rings is 1. The zero-order valence-electron chi connectivity index (χ0n) is 21.7. The van der Waals surface area contributed by atoms with Crippen molar-refractivity contribution in [3.63, 3.8) is 0 Å². The van der Waals surface area contributed by atoms with Gasteiger partial charge in [-0.25, -0.2) is 13.8 Å². The summed E-state index contributed by atoms with van der Waals surface area (Å²) >= 11 is 6.20. The van der Waals surface area contributed by atoms with Gasteiger partial charge < -0.3 is 19.5 Å². The molecule has 1 unspecified atom stereocenters. The lowest BCUT2D eigenvalue weighted by Gasteiger charge is -2.20. The highest BCUT2D eigenvalue weighted by atomic mass is 35.5. The predicted molar refractivity (Wildman–Crippen MR) is 147 cm³/mol. The van der Waals surface area contributed by atoms with Crippen LogP contribution in [0.15, 0.2) is 59.7 Å². The number of para-hydroxylation sites is 1. The molecule has 8 nitrogen and oxygen atoms in total. The topological polar surface area (TPSA) is 89.7 Å². The van der Waals surface area contributed by atoms with Crippen molar-refractivity contribution in [2.45, 2.75) is 12.3 Å². The van der Waals surface area contributed by atoms with Crippen molar-refractivity contribution in [3.05, 3.63) is 98.0 Å². The molecule has 0 amide bonds. The Hall–Kier alpha value is -4.44. The van der Waals surface area contributed by atoms with E-state index in [0.717, 1.165) is 6.07 Å². The van der Waals surface area contributed by atoms with Crippen LogP contribution in [-0.4, -0.2) is 51.9 Å². The third kappa shape index (κ3) is 4.86. The summed E-state index contributed by atoms with van der Waals surface area (Å²) in [6.07, 6.45) is 3.42. The number of ether oxygens (including phenoxy) is 2. The highest BCUT2D eigenvalue weighted by molar-refractivity contribution is 6.30. The number of methoxy groups -OCH3 is 2. The Labute approximate surface area is 233 Å².